The number of hydrogen-bond acceptors (Lipinski definition) is 3. The SMILES string of the molecule is NC(CCC(=O)O)c1ccc(O)c(F)c1. The van der Waals surface area contributed by atoms with Crippen LogP contribution in [0.4, 0.5) is 4.39 Å². The lowest BCUT2D eigenvalue weighted by molar-refractivity contribution is -0.137. The van der Waals surface area contributed by atoms with E-state index >= 15 is 0 Å². The lowest BCUT2D eigenvalue weighted by Gasteiger charge is -2.10. The topological polar surface area (TPSA) is 83.6 Å². The fraction of sp³-hybridized carbons (Fsp3) is 0.300. The molecule has 1 atom stereocenters. The molecule has 0 bridgehead atoms. The van der Waals surface area contributed by atoms with Gasteiger partial charge in [0.05, 0.1) is 0 Å². The van der Waals surface area contributed by atoms with Gasteiger partial charge in [-0.05, 0) is 24.1 Å². The molecule has 82 valence electrons. The van der Waals surface area contributed by atoms with Gasteiger partial charge in [0.15, 0.2) is 11.6 Å². The van der Waals surface area contributed by atoms with Crippen LogP contribution in [0.25, 0.3) is 0 Å². The number of carboxylic acid groups (broad SMARTS) is 1. The van der Waals surface area contributed by atoms with Gasteiger partial charge in [-0.15, -0.1) is 0 Å². The number of benzene rings is 1. The summed E-state index contributed by atoms with van der Waals surface area (Å²) in [6.45, 7) is 0. The van der Waals surface area contributed by atoms with E-state index in [4.69, 9.17) is 15.9 Å². The van der Waals surface area contributed by atoms with Crippen LogP contribution in [0.15, 0.2) is 18.2 Å². The Morgan fingerprint density at radius 3 is 2.73 bits per heavy atom. The molecule has 0 aliphatic rings. The van der Waals surface area contributed by atoms with Crippen molar-refractivity contribution in [2.24, 2.45) is 5.73 Å². The van der Waals surface area contributed by atoms with Crippen molar-refractivity contribution in [2.45, 2.75) is 18.9 Å². The van der Waals surface area contributed by atoms with Gasteiger partial charge in [0.25, 0.3) is 0 Å². The predicted octanol–water partition coefficient (Wildman–Crippen LogP) is 1.40. The molecule has 4 N–H and O–H groups in total. The second-order valence-corrected chi connectivity index (χ2v) is 3.25. The van der Waals surface area contributed by atoms with E-state index < -0.39 is 23.6 Å². The first kappa shape index (κ1) is 11.5. The largest absolute Gasteiger partial charge is 0.505 e. The second kappa shape index (κ2) is 4.75. The fourth-order valence-electron chi connectivity index (χ4n) is 1.20. The van der Waals surface area contributed by atoms with Crippen LogP contribution in [0.5, 0.6) is 5.75 Å². The highest BCUT2D eigenvalue weighted by atomic mass is 19.1. The van der Waals surface area contributed by atoms with Crippen LogP contribution in [-0.4, -0.2) is 16.2 Å². The number of phenolic OH excluding ortho intramolecular Hbond substituents is 1. The quantitative estimate of drug-likeness (QED) is 0.705. The van der Waals surface area contributed by atoms with E-state index in [0.717, 1.165) is 6.07 Å². The number of rotatable bonds is 4. The number of carbonyl (C=O) groups is 1. The molecule has 4 nitrogen and oxygen atoms in total. The third-order valence-corrected chi connectivity index (χ3v) is 2.07. The van der Waals surface area contributed by atoms with E-state index in [9.17, 15) is 9.18 Å². The molecule has 0 fully saturated rings. The summed E-state index contributed by atoms with van der Waals surface area (Å²) in [5.41, 5.74) is 6.13. The summed E-state index contributed by atoms with van der Waals surface area (Å²) in [5.74, 6) is -2.13. The van der Waals surface area contributed by atoms with E-state index in [-0.39, 0.29) is 12.8 Å². The van der Waals surface area contributed by atoms with Crippen molar-refractivity contribution in [3.05, 3.63) is 29.6 Å². The summed E-state index contributed by atoms with van der Waals surface area (Å²) < 4.78 is 12.9. The first-order chi connectivity index (χ1) is 7.00. The molecule has 1 unspecified atom stereocenters. The molecule has 1 aromatic rings. The summed E-state index contributed by atoms with van der Waals surface area (Å²) in [6, 6.07) is 3.26. The molecule has 0 heterocycles. The molecule has 0 aromatic heterocycles. The zero-order valence-corrected chi connectivity index (χ0v) is 7.98. The maximum absolute atomic E-state index is 12.9. The van der Waals surface area contributed by atoms with Crippen molar-refractivity contribution in [1.82, 2.24) is 0 Å². The summed E-state index contributed by atoms with van der Waals surface area (Å²) in [5, 5.41) is 17.4. The first-order valence-corrected chi connectivity index (χ1v) is 4.46. The molecule has 0 radical (unpaired) electrons. The molecule has 5 heteroatoms. The van der Waals surface area contributed by atoms with Crippen LogP contribution >= 0.6 is 0 Å². The standard InChI is InChI=1S/C10H12FNO3/c11-7-5-6(1-3-9(7)13)8(12)2-4-10(14)15/h1,3,5,8,13H,2,4,12H2,(H,14,15). The van der Waals surface area contributed by atoms with Crippen molar-refractivity contribution < 1.29 is 19.4 Å². The number of aromatic hydroxyl groups is 1. The van der Waals surface area contributed by atoms with Gasteiger partial charge in [-0.3, -0.25) is 4.79 Å². The third-order valence-electron chi connectivity index (χ3n) is 2.07. The summed E-state index contributed by atoms with van der Waals surface area (Å²) >= 11 is 0. The van der Waals surface area contributed by atoms with Gasteiger partial charge in [0, 0.05) is 12.5 Å². The smallest absolute Gasteiger partial charge is 0.303 e. The summed E-state index contributed by atoms with van der Waals surface area (Å²) in [7, 11) is 0. The van der Waals surface area contributed by atoms with E-state index in [1.165, 1.54) is 12.1 Å². The number of hydrogen-bond donors (Lipinski definition) is 3. The molecule has 0 saturated carbocycles. The number of nitrogens with two attached hydrogens (primary N) is 1. The Hall–Kier alpha value is -1.62. The molecule has 0 amide bonds. The van der Waals surface area contributed by atoms with E-state index in [1.54, 1.807) is 0 Å². The first-order valence-electron chi connectivity index (χ1n) is 4.46. The molecular weight excluding hydrogens is 201 g/mol. The number of phenols is 1. The number of carboxylic acids is 1. The minimum Gasteiger partial charge on any atom is -0.505 e. The average Bonchev–Trinajstić information content (AvgIpc) is 2.18. The molecule has 0 saturated heterocycles. The Kier molecular flexibility index (Phi) is 3.62. The highest BCUT2D eigenvalue weighted by Gasteiger charge is 2.10. The van der Waals surface area contributed by atoms with Gasteiger partial charge in [0.1, 0.15) is 0 Å². The lowest BCUT2D eigenvalue weighted by atomic mass is 10.0. The van der Waals surface area contributed by atoms with Gasteiger partial charge in [-0.25, -0.2) is 4.39 Å². The maximum Gasteiger partial charge on any atom is 0.303 e. The van der Waals surface area contributed by atoms with Crippen LogP contribution in [0, 0.1) is 5.82 Å². The van der Waals surface area contributed by atoms with Gasteiger partial charge in [-0.2, -0.15) is 0 Å². The highest BCUT2D eigenvalue weighted by Crippen LogP contribution is 2.21. The zero-order chi connectivity index (χ0) is 11.4. The lowest BCUT2D eigenvalue weighted by Crippen LogP contribution is -2.12. The summed E-state index contributed by atoms with van der Waals surface area (Å²) in [4.78, 5) is 10.3. The second-order valence-electron chi connectivity index (χ2n) is 3.25. The van der Waals surface area contributed by atoms with E-state index in [1.807, 2.05) is 0 Å². The Morgan fingerprint density at radius 2 is 2.20 bits per heavy atom. The maximum atomic E-state index is 12.9. The van der Waals surface area contributed by atoms with Crippen molar-refractivity contribution in [1.29, 1.82) is 0 Å². The molecule has 0 aliphatic carbocycles. The predicted molar refractivity (Wildman–Crippen MR) is 51.9 cm³/mol. The van der Waals surface area contributed by atoms with Crippen LogP contribution < -0.4 is 5.73 Å². The minimum absolute atomic E-state index is 0.0658. The molecule has 15 heavy (non-hydrogen) atoms. The van der Waals surface area contributed by atoms with Gasteiger partial charge in [-0.1, -0.05) is 6.07 Å². The molecular formula is C10H12FNO3. The van der Waals surface area contributed by atoms with Crippen molar-refractivity contribution >= 4 is 5.97 Å². The van der Waals surface area contributed by atoms with Crippen LogP contribution in [-0.2, 0) is 4.79 Å². The van der Waals surface area contributed by atoms with Crippen LogP contribution in [0.1, 0.15) is 24.4 Å². The Labute approximate surface area is 86.1 Å². The van der Waals surface area contributed by atoms with Crippen molar-refractivity contribution in [3.8, 4) is 5.75 Å². The normalized spacial score (nSPS) is 12.4. The highest BCUT2D eigenvalue weighted by molar-refractivity contribution is 5.66. The molecule has 0 aliphatic heterocycles. The van der Waals surface area contributed by atoms with E-state index in [2.05, 4.69) is 0 Å². The van der Waals surface area contributed by atoms with Gasteiger partial charge < -0.3 is 15.9 Å². The Balaban J connectivity index is 2.69. The van der Waals surface area contributed by atoms with E-state index in [0.29, 0.717) is 5.56 Å². The van der Waals surface area contributed by atoms with Crippen LogP contribution in [0.3, 0.4) is 0 Å². The Morgan fingerprint density at radius 1 is 1.53 bits per heavy atom. The summed E-state index contributed by atoms with van der Waals surface area (Å²) in [6.07, 6.45) is 0.170. The zero-order valence-electron chi connectivity index (χ0n) is 7.98. The average molecular weight is 213 g/mol. The fourth-order valence-corrected chi connectivity index (χ4v) is 1.20. The van der Waals surface area contributed by atoms with Crippen molar-refractivity contribution in [2.75, 3.05) is 0 Å². The minimum atomic E-state index is -0.940. The Bertz CT molecular complexity index is 368. The van der Waals surface area contributed by atoms with Crippen LogP contribution in [0.2, 0.25) is 0 Å². The van der Waals surface area contributed by atoms with Gasteiger partial charge >= 0.3 is 5.97 Å². The molecule has 1 aromatic carbocycles. The molecule has 0 spiro atoms. The third kappa shape index (κ3) is 3.21. The monoisotopic (exact) mass is 213 g/mol. The van der Waals surface area contributed by atoms with Gasteiger partial charge in [0.2, 0.25) is 0 Å². The number of halogens is 1. The van der Waals surface area contributed by atoms with Crippen molar-refractivity contribution in [3.63, 3.8) is 0 Å². The number of aliphatic carboxylic acids is 1. The molecule has 1 rings (SSSR count).